The number of benzene rings is 11. The van der Waals surface area contributed by atoms with Crippen LogP contribution in [0, 0.1) is 0 Å². The van der Waals surface area contributed by atoms with Gasteiger partial charge >= 0.3 is 0 Å². The fraction of sp³-hybridized carbons (Fsp3) is 0. The monoisotopic (exact) mass is 967 g/mol. The highest BCUT2D eigenvalue weighted by atomic mass is 15.2. The molecule has 0 saturated carbocycles. The van der Waals surface area contributed by atoms with Crippen molar-refractivity contribution < 1.29 is 0 Å². The third-order valence-corrected chi connectivity index (χ3v) is 15.4. The summed E-state index contributed by atoms with van der Waals surface area (Å²) in [5, 5.41) is 2.45. The third-order valence-electron chi connectivity index (χ3n) is 15.4. The zero-order chi connectivity index (χ0) is 50.1. The van der Waals surface area contributed by atoms with Crippen LogP contribution in [0.4, 0.5) is 34.1 Å². The minimum absolute atomic E-state index is 0.100. The molecule has 0 radical (unpaired) electrons. The van der Waals surface area contributed by atoms with Crippen LogP contribution in [0.2, 0.25) is 0 Å². The molecule has 0 saturated heterocycles. The summed E-state index contributed by atoms with van der Waals surface area (Å²) in [7, 11) is 0. The second-order valence-electron chi connectivity index (χ2n) is 19.7. The van der Waals surface area contributed by atoms with Gasteiger partial charge in [-0.2, -0.15) is 0 Å². The Morgan fingerprint density at radius 2 is 0.737 bits per heavy atom. The van der Waals surface area contributed by atoms with Crippen LogP contribution in [-0.2, 0) is 0 Å². The van der Waals surface area contributed by atoms with Crippen LogP contribution in [0.1, 0.15) is 0 Å². The van der Waals surface area contributed by atoms with Crippen molar-refractivity contribution >= 4 is 79.0 Å². The topological polar surface area (TPSA) is 37.2 Å². The fourth-order valence-electron chi connectivity index (χ4n) is 12.0. The van der Waals surface area contributed by atoms with Crippen LogP contribution < -0.4 is 26.2 Å². The maximum atomic E-state index is 5.26. The second kappa shape index (κ2) is 17.9. The lowest BCUT2D eigenvalue weighted by Crippen LogP contribution is -2.61. The van der Waals surface area contributed by atoms with E-state index in [1.54, 1.807) is 0 Å². The highest BCUT2D eigenvalue weighted by Gasteiger charge is 2.42. The largest absolute Gasteiger partial charge is 0.311 e. The minimum atomic E-state index is 0.100. The van der Waals surface area contributed by atoms with Gasteiger partial charge in [0.25, 0.3) is 6.71 Å². The van der Waals surface area contributed by atoms with Gasteiger partial charge in [0.05, 0.1) is 28.1 Å². The Hall–Kier alpha value is -10.0. The molecular formula is C70H46BN5. The molecule has 11 aromatic carbocycles. The van der Waals surface area contributed by atoms with Gasteiger partial charge in [0, 0.05) is 67.2 Å². The van der Waals surface area contributed by atoms with E-state index in [1.807, 2.05) is 24.3 Å². The molecule has 2 aliphatic rings. The molecule has 13 aromatic rings. The third kappa shape index (κ3) is 7.10. The fourth-order valence-corrected chi connectivity index (χ4v) is 12.0. The number of aromatic nitrogens is 3. The number of hydrogen-bond donors (Lipinski definition) is 0. The Kier molecular flexibility index (Phi) is 10.2. The van der Waals surface area contributed by atoms with Gasteiger partial charge in [-0.15, -0.1) is 0 Å². The normalized spacial score (nSPS) is 12.4. The van der Waals surface area contributed by atoms with E-state index in [9.17, 15) is 0 Å². The maximum absolute atomic E-state index is 5.26. The van der Waals surface area contributed by atoms with Gasteiger partial charge < -0.3 is 14.4 Å². The van der Waals surface area contributed by atoms with Crippen molar-refractivity contribution in [3.8, 4) is 61.8 Å². The van der Waals surface area contributed by atoms with Crippen molar-refractivity contribution in [3.05, 3.63) is 279 Å². The van der Waals surface area contributed by atoms with E-state index in [1.165, 1.54) is 49.9 Å². The maximum Gasteiger partial charge on any atom is 0.252 e. The van der Waals surface area contributed by atoms with Crippen molar-refractivity contribution in [2.75, 3.05) is 9.80 Å². The predicted octanol–water partition coefficient (Wildman–Crippen LogP) is 16.0. The number of nitrogens with zero attached hydrogens (tertiary/aromatic N) is 5. The lowest BCUT2D eigenvalue weighted by Gasteiger charge is -2.44. The van der Waals surface area contributed by atoms with Crippen LogP contribution >= 0.6 is 0 Å². The summed E-state index contributed by atoms with van der Waals surface area (Å²) in [5.74, 6) is 0.692. The van der Waals surface area contributed by atoms with Gasteiger partial charge in [-0.3, -0.25) is 0 Å². The molecule has 0 unspecified atom stereocenters. The first-order valence-electron chi connectivity index (χ1n) is 26.0. The standard InChI is InChI=1S/C70H46BN5/c1-4-19-50(20-5-1)60-46-61(73-70(72-60)51-21-6-2-7-22-51)52-41-44-64(76-62-29-14-10-25-55(62)56-26-11-15-30-63(56)76)57(45-52)49-37-35-47(36-38-49)48-39-42-54(43-40-48)75-66-32-17-13-28-59(66)71-58-27-12-16-31-65(58)74(53-23-8-3-9-24-53)67-33-18-34-68(75)69(67)71/h1-46H. The van der Waals surface area contributed by atoms with E-state index < -0.39 is 0 Å². The van der Waals surface area contributed by atoms with Crippen molar-refractivity contribution in [2.45, 2.75) is 0 Å². The molecular weight excluding hydrogens is 922 g/mol. The highest BCUT2D eigenvalue weighted by Crippen LogP contribution is 2.45. The summed E-state index contributed by atoms with van der Waals surface area (Å²) in [6, 6.07) is 101. The lowest BCUT2D eigenvalue weighted by atomic mass is 9.33. The van der Waals surface area contributed by atoms with Gasteiger partial charge in [0.15, 0.2) is 5.82 Å². The predicted molar refractivity (Wildman–Crippen MR) is 318 cm³/mol. The number of hydrogen-bond acceptors (Lipinski definition) is 4. The number of anilines is 6. The summed E-state index contributed by atoms with van der Waals surface area (Å²) in [4.78, 5) is 15.3. The van der Waals surface area contributed by atoms with Gasteiger partial charge in [-0.1, -0.05) is 200 Å². The van der Waals surface area contributed by atoms with E-state index in [0.717, 1.165) is 78.4 Å². The molecule has 2 aromatic heterocycles. The molecule has 76 heavy (non-hydrogen) atoms. The van der Waals surface area contributed by atoms with E-state index >= 15 is 0 Å². The molecule has 0 spiro atoms. The van der Waals surface area contributed by atoms with Crippen LogP contribution in [0.3, 0.4) is 0 Å². The molecule has 354 valence electrons. The van der Waals surface area contributed by atoms with Crippen LogP contribution in [0.15, 0.2) is 279 Å². The minimum Gasteiger partial charge on any atom is -0.311 e. The van der Waals surface area contributed by atoms with Gasteiger partial charge in [-0.25, -0.2) is 9.97 Å². The molecule has 0 fully saturated rings. The molecule has 0 aliphatic carbocycles. The molecule has 4 heterocycles. The van der Waals surface area contributed by atoms with Crippen molar-refractivity contribution in [1.82, 2.24) is 14.5 Å². The Morgan fingerprint density at radius 3 is 1.34 bits per heavy atom. The highest BCUT2D eigenvalue weighted by molar-refractivity contribution is 7.00. The summed E-state index contributed by atoms with van der Waals surface area (Å²) >= 11 is 0. The van der Waals surface area contributed by atoms with E-state index in [2.05, 4.69) is 269 Å². The first kappa shape index (κ1) is 43.5. The van der Waals surface area contributed by atoms with Crippen molar-refractivity contribution in [1.29, 1.82) is 0 Å². The van der Waals surface area contributed by atoms with Crippen LogP contribution in [0.5, 0.6) is 0 Å². The van der Waals surface area contributed by atoms with Gasteiger partial charge in [0.1, 0.15) is 0 Å². The molecule has 0 amide bonds. The molecule has 6 heteroatoms. The van der Waals surface area contributed by atoms with E-state index in [0.29, 0.717) is 5.82 Å². The smallest absolute Gasteiger partial charge is 0.252 e. The van der Waals surface area contributed by atoms with Crippen molar-refractivity contribution in [2.24, 2.45) is 0 Å². The molecule has 15 rings (SSSR count). The zero-order valence-corrected chi connectivity index (χ0v) is 41.4. The second-order valence-corrected chi connectivity index (χ2v) is 19.7. The number of fused-ring (bicyclic) bond motifs is 7. The Morgan fingerprint density at radius 1 is 0.289 bits per heavy atom. The Bertz CT molecular complexity index is 4230. The first-order chi connectivity index (χ1) is 37.7. The quantitative estimate of drug-likeness (QED) is 0.142. The lowest BCUT2D eigenvalue weighted by molar-refractivity contribution is 1.17. The molecule has 0 N–H and O–H groups in total. The van der Waals surface area contributed by atoms with E-state index in [4.69, 9.17) is 9.97 Å². The summed E-state index contributed by atoms with van der Waals surface area (Å²) in [6.07, 6.45) is 0. The summed E-state index contributed by atoms with van der Waals surface area (Å²) in [5.41, 5.74) is 23.7. The molecule has 0 bridgehead atoms. The summed E-state index contributed by atoms with van der Waals surface area (Å²) in [6.45, 7) is 0.100. The molecule has 0 atom stereocenters. The van der Waals surface area contributed by atoms with Gasteiger partial charge in [0.2, 0.25) is 0 Å². The average molecular weight is 968 g/mol. The van der Waals surface area contributed by atoms with Gasteiger partial charge in [-0.05, 0) is 112 Å². The van der Waals surface area contributed by atoms with Crippen LogP contribution in [-0.4, -0.2) is 21.2 Å². The molecule has 2 aliphatic heterocycles. The summed E-state index contributed by atoms with van der Waals surface area (Å²) < 4.78 is 2.42. The zero-order valence-electron chi connectivity index (χ0n) is 41.4. The average Bonchev–Trinajstić information content (AvgIpc) is 3.95. The molecule has 5 nitrogen and oxygen atoms in total. The SMILES string of the molecule is c1ccc(-c2cc(-c3ccc(-n4c5ccccc5c5ccccc54)c(-c4ccc(-c5ccc(N6c7ccccc7B7c8ccccc8N(c8ccccc8)c8cccc6c87)cc5)cc4)c3)nc(-c3ccccc3)n2)cc1. The number of rotatable bonds is 8. The Balaban J connectivity index is 0.836. The van der Waals surface area contributed by atoms with Crippen LogP contribution in [0.25, 0.3) is 83.6 Å². The number of para-hydroxylation sites is 5. The first-order valence-corrected chi connectivity index (χ1v) is 26.0. The van der Waals surface area contributed by atoms with E-state index in [-0.39, 0.29) is 6.71 Å². The van der Waals surface area contributed by atoms with Crippen molar-refractivity contribution in [3.63, 3.8) is 0 Å². The Labute approximate surface area is 442 Å².